The molecule has 7 heteroatoms. The van der Waals surface area contributed by atoms with Crippen LogP contribution in [0.15, 0.2) is 0 Å². The lowest BCUT2D eigenvalue weighted by Gasteiger charge is -2.17. The largest absolute Gasteiger partial charge is 0.467 e. The first kappa shape index (κ1) is 14.4. The zero-order valence-corrected chi connectivity index (χ0v) is 11.3. The Labute approximate surface area is 107 Å². The van der Waals surface area contributed by atoms with Gasteiger partial charge in [-0.05, 0) is 20.3 Å². The quantitative estimate of drug-likeness (QED) is 0.666. The Bertz CT molecular complexity index is 378. The van der Waals surface area contributed by atoms with Gasteiger partial charge in [0.15, 0.2) is 0 Å². The predicted octanol–water partition coefficient (Wildman–Crippen LogP) is 0.885. The second-order valence-electron chi connectivity index (χ2n) is 4.56. The molecule has 0 bridgehead atoms. The van der Waals surface area contributed by atoms with E-state index in [2.05, 4.69) is 32.5 Å². The Kier molecular flexibility index (Phi) is 5.08. The summed E-state index contributed by atoms with van der Waals surface area (Å²) in [6, 6.07) is 0.238. The summed E-state index contributed by atoms with van der Waals surface area (Å²) in [4.78, 5) is 12.3. The van der Waals surface area contributed by atoms with Crippen molar-refractivity contribution in [2.45, 2.75) is 32.8 Å². The van der Waals surface area contributed by atoms with Crippen LogP contribution in [0.5, 0.6) is 6.01 Å². The van der Waals surface area contributed by atoms with Crippen LogP contribution in [0.25, 0.3) is 0 Å². The Balaban J connectivity index is 2.76. The van der Waals surface area contributed by atoms with Gasteiger partial charge in [-0.3, -0.25) is 0 Å². The highest BCUT2D eigenvalue weighted by Gasteiger charge is 2.14. The fraction of sp³-hybridized carbons (Fsp3) is 0.727. The molecule has 0 fully saturated rings. The molecule has 0 saturated heterocycles. The van der Waals surface area contributed by atoms with Gasteiger partial charge in [-0.1, -0.05) is 6.92 Å². The number of methoxy groups -OCH3 is 1. The van der Waals surface area contributed by atoms with Crippen LogP contribution in [0.3, 0.4) is 0 Å². The van der Waals surface area contributed by atoms with Crippen LogP contribution < -0.4 is 15.4 Å². The zero-order valence-electron chi connectivity index (χ0n) is 11.3. The van der Waals surface area contributed by atoms with E-state index in [0.29, 0.717) is 18.4 Å². The highest BCUT2D eigenvalue weighted by atomic mass is 16.5. The van der Waals surface area contributed by atoms with E-state index in [0.717, 1.165) is 13.0 Å². The van der Waals surface area contributed by atoms with E-state index < -0.39 is 5.60 Å². The van der Waals surface area contributed by atoms with Crippen LogP contribution in [-0.4, -0.2) is 45.9 Å². The van der Waals surface area contributed by atoms with Crippen molar-refractivity contribution in [3.63, 3.8) is 0 Å². The van der Waals surface area contributed by atoms with Gasteiger partial charge in [-0.2, -0.15) is 15.0 Å². The average molecular weight is 255 g/mol. The molecule has 1 aromatic heterocycles. The van der Waals surface area contributed by atoms with Crippen LogP contribution in [0, 0.1) is 0 Å². The first-order valence-electron chi connectivity index (χ1n) is 5.95. The molecule has 1 rings (SSSR count). The fourth-order valence-electron chi connectivity index (χ4n) is 1.14. The topological polar surface area (TPSA) is 92.2 Å². The van der Waals surface area contributed by atoms with Crippen molar-refractivity contribution in [3.8, 4) is 6.01 Å². The number of hydrogen-bond donors (Lipinski definition) is 3. The fourth-order valence-corrected chi connectivity index (χ4v) is 1.14. The van der Waals surface area contributed by atoms with E-state index in [9.17, 15) is 5.11 Å². The molecule has 0 aliphatic carbocycles. The van der Waals surface area contributed by atoms with Gasteiger partial charge in [0.05, 0.1) is 12.7 Å². The monoisotopic (exact) mass is 255 g/mol. The Hall–Kier alpha value is -1.63. The normalized spacial score (nSPS) is 11.2. The number of rotatable bonds is 7. The van der Waals surface area contributed by atoms with Gasteiger partial charge >= 0.3 is 6.01 Å². The molecule has 0 saturated carbocycles. The summed E-state index contributed by atoms with van der Waals surface area (Å²) in [5.74, 6) is 0.838. The summed E-state index contributed by atoms with van der Waals surface area (Å²) in [7, 11) is 1.50. The van der Waals surface area contributed by atoms with Gasteiger partial charge in [-0.15, -0.1) is 0 Å². The van der Waals surface area contributed by atoms with Crippen molar-refractivity contribution in [3.05, 3.63) is 0 Å². The number of ether oxygens (including phenoxy) is 1. The lowest BCUT2D eigenvalue weighted by atomic mass is 10.1. The highest BCUT2D eigenvalue weighted by molar-refractivity contribution is 5.36. The Morgan fingerprint density at radius 3 is 2.28 bits per heavy atom. The molecule has 0 aliphatic heterocycles. The van der Waals surface area contributed by atoms with Crippen molar-refractivity contribution in [2.75, 3.05) is 30.8 Å². The number of nitrogens with zero attached hydrogens (tertiary/aromatic N) is 3. The highest BCUT2D eigenvalue weighted by Crippen LogP contribution is 2.11. The van der Waals surface area contributed by atoms with E-state index in [1.54, 1.807) is 13.8 Å². The van der Waals surface area contributed by atoms with E-state index in [-0.39, 0.29) is 6.01 Å². The van der Waals surface area contributed by atoms with Gasteiger partial charge in [0.25, 0.3) is 0 Å². The molecule has 0 amide bonds. The molecule has 0 aliphatic rings. The molecule has 18 heavy (non-hydrogen) atoms. The number of hydrogen-bond acceptors (Lipinski definition) is 7. The molecule has 0 unspecified atom stereocenters. The van der Waals surface area contributed by atoms with Crippen molar-refractivity contribution in [1.29, 1.82) is 0 Å². The molecule has 1 heterocycles. The smallest absolute Gasteiger partial charge is 0.322 e. The van der Waals surface area contributed by atoms with Crippen molar-refractivity contribution in [2.24, 2.45) is 0 Å². The third-order valence-corrected chi connectivity index (χ3v) is 2.01. The third kappa shape index (κ3) is 5.13. The van der Waals surface area contributed by atoms with Crippen molar-refractivity contribution >= 4 is 11.9 Å². The zero-order chi connectivity index (χ0) is 13.6. The average Bonchev–Trinajstić information content (AvgIpc) is 2.32. The van der Waals surface area contributed by atoms with E-state index in [4.69, 9.17) is 4.74 Å². The molecule has 0 spiro atoms. The maximum Gasteiger partial charge on any atom is 0.322 e. The van der Waals surface area contributed by atoms with Crippen LogP contribution >= 0.6 is 0 Å². The van der Waals surface area contributed by atoms with Gasteiger partial charge in [0.1, 0.15) is 0 Å². The van der Waals surface area contributed by atoms with Crippen LogP contribution in [0.4, 0.5) is 11.9 Å². The summed E-state index contributed by atoms with van der Waals surface area (Å²) in [5.41, 5.74) is -0.836. The molecule has 1 aromatic rings. The summed E-state index contributed by atoms with van der Waals surface area (Å²) in [6.45, 7) is 6.58. The van der Waals surface area contributed by atoms with Crippen LogP contribution in [-0.2, 0) is 0 Å². The molecule has 7 nitrogen and oxygen atoms in total. The Morgan fingerprint density at radius 2 is 1.78 bits per heavy atom. The maximum atomic E-state index is 9.64. The van der Waals surface area contributed by atoms with E-state index >= 15 is 0 Å². The van der Waals surface area contributed by atoms with Gasteiger partial charge in [0, 0.05) is 13.1 Å². The number of nitrogens with one attached hydrogen (secondary N) is 2. The van der Waals surface area contributed by atoms with Crippen LogP contribution in [0.2, 0.25) is 0 Å². The maximum absolute atomic E-state index is 9.64. The molecular formula is C11H21N5O2. The first-order chi connectivity index (χ1) is 8.44. The summed E-state index contributed by atoms with van der Waals surface area (Å²) in [6.07, 6.45) is 0.973. The first-order valence-corrected chi connectivity index (χ1v) is 5.95. The molecule has 0 radical (unpaired) electrons. The second-order valence-corrected chi connectivity index (χ2v) is 4.56. The number of anilines is 2. The van der Waals surface area contributed by atoms with Crippen molar-refractivity contribution < 1.29 is 9.84 Å². The standard InChI is InChI=1S/C11H21N5O2/c1-5-6-12-8-14-9(13-7-11(2,3)17)16-10(15-8)18-4/h17H,5-7H2,1-4H3,(H2,12,13,14,15,16). The third-order valence-electron chi connectivity index (χ3n) is 2.01. The minimum atomic E-state index is -0.836. The Morgan fingerprint density at radius 1 is 1.17 bits per heavy atom. The molecular weight excluding hydrogens is 234 g/mol. The molecule has 0 aromatic carbocycles. The van der Waals surface area contributed by atoms with Gasteiger partial charge < -0.3 is 20.5 Å². The van der Waals surface area contributed by atoms with Crippen LogP contribution in [0.1, 0.15) is 27.2 Å². The lowest BCUT2D eigenvalue weighted by Crippen LogP contribution is -2.30. The molecule has 102 valence electrons. The number of aromatic nitrogens is 3. The molecule has 3 N–H and O–H groups in total. The van der Waals surface area contributed by atoms with E-state index in [1.165, 1.54) is 7.11 Å². The van der Waals surface area contributed by atoms with Gasteiger partial charge in [-0.25, -0.2) is 0 Å². The number of aliphatic hydroxyl groups is 1. The second kappa shape index (κ2) is 6.34. The van der Waals surface area contributed by atoms with Gasteiger partial charge in [0.2, 0.25) is 11.9 Å². The summed E-state index contributed by atoms with van der Waals surface area (Å²) >= 11 is 0. The SMILES string of the molecule is CCCNc1nc(NCC(C)(C)O)nc(OC)n1. The lowest BCUT2D eigenvalue weighted by molar-refractivity contribution is 0.0943. The summed E-state index contributed by atoms with van der Waals surface area (Å²) in [5, 5.41) is 15.6. The van der Waals surface area contributed by atoms with Crippen molar-refractivity contribution in [1.82, 2.24) is 15.0 Å². The molecule has 0 atom stereocenters. The predicted molar refractivity (Wildman–Crippen MR) is 69.9 cm³/mol. The van der Waals surface area contributed by atoms with E-state index in [1.807, 2.05) is 0 Å². The minimum Gasteiger partial charge on any atom is -0.467 e. The summed E-state index contributed by atoms with van der Waals surface area (Å²) < 4.78 is 5.00. The minimum absolute atomic E-state index is 0.238.